The molecule has 0 atom stereocenters. The quantitative estimate of drug-likeness (QED) is 0.796. The summed E-state index contributed by atoms with van der Waals surface area (Å²) in [7, 11) is 0. The minimum Gasteiger partial charge on any atom is -0.316 e. The Morgan fingerprint density at radius 1 is 0.900 bits per heavy atom. The van der Waals surface area contributed by atoms with E-state index in [1.54, 1.807) is 19.3 Å². The normalized spacial score (nSPS) is 38.3. The lowest BCUT2D eigenvalue weighted by Crippen LogP contribution is -2.50. The molecule has 0 radical (unpaired) electrons. The number of benzene rings is 1. The number of hydrogen-bond acceptors (Lipinski definition) is 1. The third kappa shape index (κ3) is 2.53. The van der Waals surface area contributed by atoms with E-state index in [-0.39, 0.29) is 0 Å². The molecule has 1 aromatic rings. The predicted octanol–water partition coefficient (Wildman–Crippen LogP) is 4.04. The maximum atomic E-state index is 3.79. The summed E-state index contributed by atoms with van der Waals surface area (Å²) < 4.78 is 0. The highest BCUT2D eigenvalue weighted by Gasteiger charge is 2.50. The molecule has 20 heavy (non-hydrogen) atoms. The molecule has 0 saturated heterocycles. The van der Waals surface area contributed by atoms with E-state index in [0.29, 0.717) is 5.41 Å². The van der Waals surface area contributed by atoms with Gasteiger partial charge in [0.05, 0.1) is 0 Å². The van der Waals surface area contributed by atoms with Crippen molar-refractivity contribution in [3.05, 3.63) is 35.9 Å². The van der Waals surface area contributed by atoms with Crippen LogP contribution in [-0.2, 0) is 6.42 Å². The Hall–Kier alpha value is -0.820. The van der Waals surface area contributed by atoms with Crippen LogP contribution in [0, 0.1) is 23.2 Å². The molecule has 1 nitrogen and oxygen atoms in total. The summed E-state index contributed by atoms with van der Waals surface area (Å²) in [5, 5.41) is 3.79. The van der Waals surface area contributed by atoms with Gasteiger partial charge in [-0.25, -0.2) is 0 Å². The van der Waals surface area contributed by atoms with E-state index in [9.17, 15) is 0 Å². The summed E-state index contributed by atoms with van der Waals surface area (Å²) in [5.74, 6) is 3.24. The van der Waals surface area contributed by atoms with Crippen LogP contribution in [0.1, 0.15) is 44.1 Å². The molecule has 4 saturated carbocycles. The van der Waals surface area contributed by atoms with Crippen molar-refractivity contribution in [3.63, 3.8) is 0 Å². The van der Waals surface area contributed by atoms with E-state index < -0.39 is 0 Å². The van der Waals surface area contributed by atoms with Crippen molar-refractivity contribution < 1.29 is 0 Å². The molecule has 5 rings (SSSR count). The number of hydrogen-bond donors (Lipinski definition) is 1. The van der Waals surface area contributed by atoms with E-state index in [0.717, 1.165) is 24.3 Å². The molecule has 4 aliphatic carbocycles. The second-order valence-corrected chi connectivity index (χ2v) is 7.83. The number of rotatable bonds is 5. The van der Waals surface area contributed by atoms with E-state index in [4.69, 9.17) is 0 Å². The zero-order valence-electron chi connectivity index (χ0n) is 12.5. The second-order valence-electron chi connectivity index (χ2n) is 7.83. The maximum Gasteiger partial charge on any atom is 0.000824 e. The number of nitrogens with one attached hydrogen (secondary N) is 1. The summed E-state index contributed by atoms with van der Waals surface area (Å²) in [6.45, 7) is 2.43. The highest BCUT2D eigenvalue weighted by atomic mass is 14.9. The molecular weight excluding hydrogens is 242 g/mol. The molecule has 4 fully saturated rings. The molecule has 1 N–H and O–H groups in total. The zero-order valence-corrected chi connectivity index (χ0v) is 12.5. The summed E-state index contributed by atoms with van der Waals surface area (Å²) in [4.78, 5) is 0. The third-order valence-corrected chi connectivity index (χ3v) is 6.10. The van der Waals surface area contributed by atoms with Crippen molar-refractivity contribution in [1.29, 1.82) is 0 Å². The Labute approximate surface area is 123 Å². The first-order valence-corrected chi connectivity index (χ1v) is 8.56. The van der Waals surface area contributed by atoms with Crippen molar-refractivity contribution in [2.75, 3.05) is 13.1 Å². The van der Waals surface area contributed by atoms with Crippen LogP contribution in [0.15, 0.2) is 30.3 Å². The Balaban J connectivity index is 1.29. The highest BCUT2D eigenvalue weighted by molar-refractivity contribution is 5.14. The molecule has 4 aliphatic rings. The summed E-state index contributed by atoms with van der Waals surface area (Å²) in [6.07, 6.45) is 10.4. The fourth-order valence-electron chi connectivity index (χ4n) is 5.74. The molecule has 0 heterocycles. The summed E-state index contributed by atoms with van der Waals surface area (Å²) in [6, 6.07) is 10.9. The van der Waals surface area contributed by atoms with Crippen LogP contribution in [0.4, 0.5) is 0 Å². The molecule has 0 unspecified atom stereocenters. The lowest BCUT2D eigenvalue weighted by Gasteiger charge is -2.57. The largest absolute Gasteiger partial charge is 0.316 e. The van der Waals surface area contributed by atoms with E-state index in [2.05, 4.69) is 35.6 Å². The van der Waals surface area contributed by atoms with Gasteiger partial charge in [-0.05, 0) is 80.2 Å². The first kappa shape index (κ1) is 12.9. The smallest absolute Gasteiger partial charge is 0.000824 e. The fraction of sp³-hybridized carbons (Fsp3) is 0.684. The Morgan fingerprint density at radius 2 is 1.50 bits per heavy atom. The molecular formula is C19H27N. The van der Waals surface area contributed by atoms with Crippen molar-refractivity contribution in [2.24, 2.45) is 23.2 Å². The SMILES string of the molecule is c1ccc(CCNCC23CC4CC(CC(C4)C2)C3)cc1. The molecule has 1 aromatic carbocycles. The van der Waals surface area contributed by atoms with Gasteiger partial charge in [-0.15, -0.1) is 0 Å². The van der Waals surface area contributed by atoms with Crippen LogP contribution >= 0.6 is 0 Å². The zero-order chi connectivity index (χ0) is 13.4. The van der Waals surface area contributed by atoms with E-state index >= 15 is 0 Å². The van der Waals surface area contributed by atoms with Gasteiger partial charge in [0.2, 0.25) is 0 Å². The maximum absolute atomic E-state index is 3.79. The van der Waals surface area contributed by atoms with Crippen LogP contribution in [0.5, 0.6) is 0 Å². The highest BCUT2D eigenvalue weighted by Crippen LogP contribution is 2.59. The molecule has 4 bridgehead atoms. The van der Waals surface area contributed by atoms with E-state index in [1.807, 2.05) is 0 Å². The Morgan fingerprint density at radius 3 is 2.10 bits per heavy atom. The topological polar surface area (TPSA) is 12.0 Å². The average Bonchev–Trinajstić information content (AvgIpc) is 2.43. The minimum absolute atomic E-state index is 0.686. The van der Waals surface area contributed by atoms with Crippen LogP contribution in [0.25, 0.3) is 0 Å². The van der Waals surface area contributed by atoms with Crippen molar-refractivity contribution >= 4 is 0 Å². The molecule has 0 amide bonds. The van der Waals surface area contributed by atoms with E-state index in [1.165, 1.54) is 37.8 Å². The van der Waals surface area contributed by atoms with Gasteiger partial charge in [0, 0.05) is 6.54 Å². The molecule has 0 spiro atoms. The molecule has 0 aromatic heterocycles. The summed E-state index contributed by atoms with van der Waals surface area (Å²) in [5.41, 5.74) is 2.15. The second kappa shape index (κ2) is 5.18. The first-order valence-electron chi connectivity index (χ1n) is 8.56. The van der Waals surface area contributed by atoms with Crippen molar-refractivity contribution in [3.8, 4) is 0 Å². The standard InChI is InChI=1S/C19H27N/c1-2-4-15(5-3-1)6-7-20-14-19-11-16-8-17(12-19)10-18(9-16)13-19/h1-5,16-18,20H,6-14H2. The van der Waals surface area contributed by atoms with Crippen LogP contribution in [0.3, 0.4) is 0 Å². The average molecular weight is 269 g/mol. The van der Waals surface area contributed by atoms with Crippen molar-refractivity contribution in [1.82, 2.24) is 5.32 Å². The monoisotopic (exact) mass is 269 g/mol. The third-order valence-electron chi connectivity index (χ3n) is 6.10. The van der Waals surface area contributed by atoms with Crippen LogP contribution in [0.2, 0.25) is 0 Å². The first-order chi connectivity index (χ1) is 9.81. The Kier molecular flexibility index (Phi) is 3.34. The van der Waals surface area contributed by atoms with Gasteiger partial charge < -0.3 is 5.32 Å². The lowest BCUT2D eigenvalue weighted by molar-refractivity contribution is -0.0511. The molecule has 108 valence electrons. The van der Waals surface area contributed by atoms with Gasteiger partial charge in [0.15, 0.2) is 0 Å². The van der Waals surface area contributed by atoms with Gasteiger partial charge in [-0.3, -0.25) is 0 Å². The minimum atomic E-state index is 0.686. The fourth-order valence-corrected chi connectivity index (χ4v) is 5.74. The lowest BCUT2D eigenvalue weighted by atomic mass is 9.49. The van der Waals surface area contributed by atoms with Gasteiger partial charge in [0.1, 0.15) is 0 Å². The summed E-state index contributed by atoms with van der Waals surface area (Å²) >= 11 is 0. The van der Waals surface area contributed by atoms with Gasteiger partial charge >= 0.3 is 0 Å². The molecule has 0 aliphatic heterocycles. The van der Waals surface area contributed by atoms with Crippen molar-refractivity contribution in [2.45, 2.75) is 44.9 Å². The van der Waals surface area contributed by atoms with Gasteiger partial charge in [-0.2, -0.15) is 0 Å². The molecule has 1 heteroatoms. The van der Waals surface area contributed by atoms with Crippen LogP contribution < -0.4 is 5.32 Å². The Bertz CT molecular complexity index is 415. The van der Waals surface area contributed by atoms with Crippen LogP contribution in [-0.4, -0.2) is 13.1 Å². The van der Waals surface area contributed by atoms with Gasteiger partial charge in [0.25, 0.3) is 0 Å². The predicted molar refractivity (Wildman–Crippen MR) is 83.6 cm³/mol. The van der Waals surface area contributed by atoms with Gasteiger partial charge in [-0.1, -0.05) is 30.3 Å².